The Kier molecular flexibility index (Phi) is 35.6. The van der Waals surface area contributed by atoms with Crippen LogP contribution in [-0.4, -0.2) is 59.3 Å². The van der Waals surface area contributed by atoms with Gasteiger partial charge in [0, 0.05) is 12.8 Å². The monoisotopic (exact) mass is 723 g/mol. The number of nitrogens with one attached hydrogen (secondary N) is 2. The van der Waals surface area contributed by atoms with Gasteiger partial charge >= 0.3 is 11.9 Å². The Bertz CT molecular complexity index is 879. The number of aliphatic hydroxyl groups is 1. The number of rotatable bonds is 38. The summed E-state index contributed by atoms with van der Waals surface area (Å²) in [4.78, 5) is 47.4. The van der Waals surface area contributed by atoms with Gasteiger partial charge in [-0.15, -0.1) is 0 Å². The molecular weight excluding hydrogens is 644 g/mol. The van der Waals surface area contributed by atoms with Gasteiger partial charge in [0.15, 0.2) is 0 Å². The zero-order chi connectivity index (χ0) is 37.6. The van der Waals surface area contributed by atoms with E-state index in [0.29, 0.717) is 19.3 Å². The summed E-state index contributed by atoms with van der Waals surface area (Å²) in [5, 5.41) is 22.5. The van der Waals surface area contributed by atoms with Gasteiger partial charge in [-0.3, -0.25) is 14.4 Å². The second kappa shape index (κ2) is 37.3. The van der Waals surface area contributed by atoms with Gasteiger partial charge in [-0.1, -0.05) is 142 Å². The number of aliphatic hydroxyl groups excluding tert-OH is 1. The number of hydrogen-bond donors (Lipinski definition) is 4. The van der Waals surface area contributed by atoms with Crippen molar-refractivity contribution in [1.82, 2.24) is 10.6 Å². The van der Waals surface area contributed by atoms with Crippen LogP contribution < -0.4 is 10.6 Å². The maximum atomic E-state index is 12.7. The Balaban J connectivity index is 4.25. The van der Waals surface area contributed by atoms with Crippen LogP contribution in [-0.2, 0) is 23.9 Å². The van der Waals surface area contributed by atoms with Crippen molar-refractivity contribution in [3.05, 3.63) is 12.2 Å². The van der Waals surface area contributed by atoms with Crippen molar-refractivity contribution in [2.24, 2.45) is 0 Å². The third-order valence-electron chi connectivity index (χ3n) is 9.51. The summed E-state index contributed by atoms with van der Waals surface area (Å²) in [6.07, 6.45) is 38.1. The predicted octanol–water partition coefficient (Wildman–Crippen LogP) is 9.88. The van der Waals surface area contributed by atoms with Gasteiger partial charge < -0.3 is 25.6 Å². The summed E-state index contributed by atoms with van der Waals surface area (Å²) in [6.45, 7) is 3.47. The molecule has 9 nitrogen and oxygen atoms in total. The number of carbonyl (C=O) groups is 4. The largest absolute Gasteiger partial charge is 0.480 e. The fraction of sp³-hybridized carbons (Fsp3) is 0.857. The van der Waals surface area contributed by atoms with Gasteiger partial charge in [0.25, 0.3) is 0 Å². The molecule has 9 heteroatoms. The summed E-state index contributed by atoms with van der Waals surface area (Å²) in [7, 11) is 0. The lowest BCUT2D eigenvalue weighted by molar-refractivity contribution is -0.150. The normalized spacial score (nSPS) is 12.5. The minimum atomic E-state index is -1.38. The molecule has 0 aromatic carbocycles. The lowest BCUT2D eigenvalue weighted by Gasteiger charge is -2.18. The number of carboxylic acid groups (broad SMARTS) is 1. The van der Waals surface area contributed by atoms with Crippen molar-refractivity contribution in [3.8, 4) is 0 Å². The van der Waals surface area contributed by atoms with Gasteiger partial charge in [0.2, 0.25) is 11.8 Å². The van der Waals surface area contributed by atoms with Crippen LogP contribution in [0.5, 0.6) is 0 Å². The van der Waals surface area contributed by atoms with Crippen LogP contribution in [0.1, 0.15) is 206 Å². The van der Waals surface area contributed by atoms with Gasteiger partial charge in [-0.05, 0) is 64.2 Å². The second-order valence-corrected chi connectivity index (χ2v) is 14.4. The predicted molar refractivity (Wildman–Crippen MR) is 209 cm³/mol. The molecule has 0 saturated heterocycles. The van der Waals surface area contributed by atoms with Crippen LogP contribution in [0.4, 0.5) is 0 Å². The molecule has 0 spiro atoms. The van der Waals surface area contributed by atoms with Crippen LogP contribution in [0.2, 0.25) is 0 Å². The molecule has 2 amide bonds. The average molecular weight is 723 g/mol. The summed E-state index contributed by atoms with van der Waals surface area (Å²) < 4.78 is 6.01. The molecule has 2 unspecified atom stereocenters. The molecule has 0 saturated carbocycles. The number of esters is 1. The van der Waals surface area contributed by atoms with E-state index in [9.17, 15) is 19.2 Å². The zero-order valence-corrected chi connectivity index (χ0v) is 32.9. The number of carbonyl (C=O) groups excluding carboxylic acids is 3. The van der Waals surface area contributed by atoms with E-state index < -0.39 is 24.5 Å². The number of hydrogen-bond acceptors (Lipinski definition) is 6. The fourth-order valence-corrected chi connectivity index (χ4v) is 6.24. The lowest BCUT2D eigenvalue weighted by atomic mass is 10.0. The third kappa shape index (κ3) is 34.4. The van der Waals surface area contributed by atoms with E-state index in [-0.39, 0.29) is 24.5 Å². The first kappa shape index (κ1) is 48.6. The minimum Gasteiger partial charge on any atom is -0.480 e. The molecule has 51 heavy (non-hydrogen) atoms. The number of amides is 2. The van der Waals surface area contributed by atoms with E-state index in [4.69, 9.17) is 14.9 Å². The zero-order valence-electron chi connectivity index (χ0n) is 32.9. The number of ether oxygens (including phenoxy) is 1. The minimum absolute atomic E-state index is 0.0102. The van der Waals surface area contributed by atoms with Crippen LogP contribution >= 0.6 is 0 Å². The van der Waals surface area contributed by atoms with Gasteiger partial charge in [0.1, 0.15) is 12.1 Å². The quantitative estimate of drug-likeness (QED) is 0.0282. The van der Waals surface area contributed by atoms with E-state index in [0.717, 1.165) is 64.2 Å². The Hall–Kier alpha value is -2.42. The third-order valence-corrected chi connectivity index (χ3v) is 9.51. The summed E-state index contributed by atoms with van der Waals surface area (Å²) in [5.74, 6) is -2.29. The molecular formula is C42H78N2O7. The fourth-order valence-electron chi connectivity index (χ4n) is 6.24. The molecule has 0 radical (unpaired) electrons. The molecule has 0 heterocycles. The van der Waals surface area contributed by atoms with Crippen molar-refractivity contribution in [3.63, 3.8) is 0 Å². The van der Waals surface area contributed by atoms with E-state index >= 15 is 0 Å². The molecule has 0 aliphatic rings. The highest BCUT2D eigenvalue weighted by molar-refractivity contribution is 5.87. The van der Waals surface area contributed by atoms with Crippen molar-refractivity contribution >= 4 is 23.8 Å². The van der Waals surface area contributed by atoms with Crippen LogP contribution in [0.3, 0.4) is 0 Å². The van der Waals surface area contributed by atoms with E-state index in [1.54, 1.807) is 0 Å². The topological polar surface area (TPSA) is 142 Å². The van der Waals surface area contributed by atoms with Crippen molar-refractivity contribution < 1.29 is 34.1 Å². The molecule has 0 bridgehead atoms. The molecule has 298 valence electrons. The molecule has 0 aliphatic carbocycles. The molecule has 0 aromatic heterocycles. The van der Waals surface area contributed by atoms with Gasteiger partial charge in [0.05, 0.1) is 13.2 Å². The Morgan fingerprint density at radius 1 is 0.569 bits per heavy atom. The van der Waals surface area contributed by atoms with Gasteiger partial charge in [-0.2, -0.15) is 0 Å². The average Bonchev–Trinajstić information content (AvgIpc) is 3.11. The molecule has 2 atom stereocenters. The Labute approximate surface area is 311 Å². The highest BCUT2D eigenvalue weighted by Crippen LogP contribution is 2.19. The lowest BCUT2D eigenvalue weighted by Crippen LogP contribution is -2.47. The SMILES string of the molecule is CCCCCCC/C=C\CCCCCCCC(=O)OC(CCCCCCCCCCC)CCCCCCCC(=O)NCC(=O)NC(CO)C(=O)O. The first-order valence-corrected chi connectivity index (χ1v) is 21.1. The summed E-state index contributed by atoms with van der Waals surface area (Å²) in [5.41, 5.74) is 0. The smallest absolute Gasteiger partial charge is 0.328 e. The van der Waals surface area contributed by atoms with Crippen molar-refractivity contribution in [1.29, 1.82) is 0 Å². The van der Waals surface area contributed by atoms with Crippen LogP contribution in [0.15, 0.2) is 12.2 Å². The van der Waals surface area contributed by atoms with Crippen LogP contribution in [0, 0.1) is 0 Å². The first-order valence-electron chi connectivity index (χ1n) is 21.1. The Morgan fingerprint density at radius 3 is 1.47 bits per heavy atom. The molecule has 4 N–H and O–H groups in total. The highest BCUT2D eigenvalue weighted by atomic mass is 16.5. The van der Waals surface area contributed by atoms with E-state index in [2.05, 4.69) is 36.6 Å². The summed E-state index contributed by atoms with van der Waals surface area (Å²) >= 11 is 0. The first-order chi connectivity index (χ1) is 24.8. The maximum Gasteiger partial charge on any atom is 0.328 e. The maximum absolute atomic E-state index is 12.7. The van der Waals surface area contributed by atoms with E-state index in [1.807, 2.05) is 0 Å². The molecule has 0 aliphatic heterocycles. The highest BCUT2D eigenvalue weighted by Gasteiger charge is 2.19. The number of unbranched alkanes of at least 4 members (excludes halogenated alkanes) is 22. The second-order valence-electron chi connectivity index (χ2n) is 14.4. The molecule has 0 fully saturated rings. The number of carboxylic acids is 1. The van der Waals surface area contributed by atoms with Gasteiger partial charge in [-0.25, -0.2) is 4.79 Å². The summed E-state index contributed by atoms with van der Waals surface area (Å²) in [6, 6.07) is -1.38. The Morgan fingerprint density at radius 2 is 1.00 bits per heavy atom. The van der Waals surface area contributed by atoms with Crippen molar-refractivity contribution in [2.75, 3.05) is 13.2 Å². The molecule has 0 rings (SSSR count). The van der Waals surface area contributed by atoms with Crippen LogP contribution in [0.25, 0.3) is 0 Å². The number of aliphatic carboxylic acids is 1. The molecule has 0 aromatic rings. The van der Waals surface area contributed by atoms with E-state index in [1.165, 1.54) is 109 Å². The van der Waals surface area contributed by atoms with Crippen molar-refractivity contribution in [2.45, 2.75) is 219 Å². The standard InChI is InChI=1S/C42H78N2O7/c1-3-5-7-9-11-13-14-15-16-17-19-21-26-30-34-41(48)51-37(31-27-23-20-18-12-10-8-6-4-2)32-28-24-22-25-29-33-39(46)43-35-40(47)44-38(36-45)42(49)50/h14-15,37-38,45H,3-13,16-36H2,1-2H3,(H,43,46)(H,44,47)(H,49,50)/b15-14-. The number of allylic oxidation sites excluding steroid dienone is 2.